The molecule has 0 atom stereocenters. The number of allylic oxidation sites excluding steroid dienone is 1. The van der Waals surface area contributed by atoms with E-state index in [-0.39, 0.29) is 5.56 Å². The molecule has 1 aliphatic carbocycles. The minimum Gasteiger partial charge on any atom is -0.488 e. The normalized spacial score (nSPS) is 14.8. The van der Waals surface area contributed by atoms with Crippen molar-refractivity contribution in [2.75, 3.05) is 6.61 Å². The van der Waals surface area contributed by atoms with E-state index in [0.717, 1.165) is 37.9 Å². The Balaban J connectivity index is 1.87. The molecule has 126 valence electrons. The molecule has 0 bridgehead atoms. The van der Waals surface area contributed by atoms with E-state index in [4.69, 9.17) is 4.74 Å². The number of aldehydes is 1. The van der Waals surface area contributed by atoms with Gasteiger partial charge in [0.15, 0.2) is 6.29 Å². The Kier molecular flexibility index (Phi) is 5.08. The Morgan fingerprint density at radius 3 is 2.92 bits per heavy atom. The molecule has 1 aliphatic rings. The molecule has 0 radical (unpaired) electrons. The maximum atomic E-state index is 13.7. The fourth-order valence-electron chi connectivity index (χ4n) is 3.20. The van der Waals surface area contributed by atoms with Gasteiger partial charge in [-0.25, -0.2) is 4.39 Å². The molecular formula is C19H21FN2O2. The number of ether oxygens (including phenoxy) is 1. The van der Waals surface area contributed by atoms with Crippen molar-refractivity contribution in [1.29, 1.82) is 0 Å². The van der Waals surface area contributed by atoms with Gasteiger partial charge >= 0.3 is 0 Å². The molecule has 0 spiro atoms. The number of carbonyl (C=O) groups excluding carboxylic acids is 1. The Hall–Kier alpha value is -2.43. The summed E-state index contributed by atoms with van der Waals surface area (Å²) in [6, 6.07) is 6.48. The molecule has 24 heavy (non-hydrogen) atoms. The fourth-order valence-corrected chi connectivity index (χ4v) is 3.20. The first kappa shape index (κ1) is 16.4. The van der Waals surface area contributed by atoms with Gasteiger partial charge in [0.05, 0.1) is 11.3 Å². The topological polar surface area (TPSA) is 44.1 Å². The summed E-state index contributed by atoms with van der Waals surface area (Å²) in [7, 11) is 0. The van der Waals surface area contributed by atoms with E-state index in [1.807, 2.05) is 16.9 Å². The van der Waals surface area contributed by atoms with Crippen LogP contribution < -0.4 is 4.74 Å². The zero-order chi connectivity index (χ0) is 16.9. The summed E-state index contributed by atoms with van der Waals surface area (Å²) in [5.74, 6) is -0.254. The lowest BCUT2D eigenvalue weighted by molar-refractivity contribution is 0.111. The number of halogens is 1. The predicted octanol–water partition coefficient (Wildman–Crippen LogP) is 4.26. The Morgan fingerprint density at radius 1 is 1.29 bits per heavy atom. The average molecular weight is 328 g/mol. The summed E-state index contributed by atoms with van der Waals surface area (Å²) >= 11 is 0. The van der Waals surface area contributed by atoms with Crippen molar-refractivity contribution in [3.8, 4) is 5.75 Å². The lowest BCUT2D eigenvalue weighted by atomic mass is 9.90. The highest BCUT2D eigenvalue weighted by atomic mass is 19.1. The molecule has 0 unspecified atom stereocenters. The molecule has 1 aromatic carbocycles. The van der Waals surface area contributed by atoms with Crippen LogP contribution in [0.2, 0.25) is 0 Å². The van der Waals surface area contributed by atoms with Crippen LogP contribution in [0, 0.1) is 5.82 Å². The minimum atomic E-state index is -0.551. The highest BCUT2D eigenvalue weighted by Crippen LogP contribution is 2.33. The summed E-state index contributed by atoms with van der Waals surface area (Å²) in [6.45, 7) is 3.26. The van der Waals surface area contributed by atoms with Crippen LogP contribution in [0.3, 0.4) is 0 Å². The van der Waals surface area contributed by atoms with Crippen LogP contribution >= 0.6 is 0 Å². The Labute approximate surface area is 140 Å². The highest BCUT2D eigenvalue weighted by Gasteiger charge is 2.18. The van der Waals surface area contributed by atoms with Gasteiger partial charge in [-0.05, 0) is 62.0 Å². The van der Waals surface area contributed by atoms with Crippen LogP contribution in [0.15, 0.2) is 36.0 Å². The standard InChI is InChI=1S/C19H21FN2O2/c1-2-22-18(10-11-21-22)15-7-4-3-6-14(15)13-24-19-9-5-8-17(20)16(19)12-23/h5,8-12H,2-4,6-7,13H2,1H3. The van der Waals surface area contributed by atoms with Gasteiger partial charge in [0, 0.05) is 12.7 Å². The van der Waals surface area contributed by atoms with Gasteiger partial charge in [0.1, 0.15) is 18.2 Å². The van der Waals surface area contributed by atoms with Gasteiger partial charge in [-0.1, -0.05) is 6.07 Å². The average Bonchev–Trinajstić information content (AvgIpc) is 3.08. The number of hydrogen-bond donors (Lipinski definition) is 0. The van der Waals surface area contributed by atoms with Crippen LogP contribution in [0.25, 0.3) is 5.57 Å². The minimum absolute atomic E-state index is 0.0194. The maximum Gasteiger partial charge on any atom is 0.156 e. The van der Waals surface area contributed by atoms with Crippen LogP contribution in [0.5, 0.6) is 5.75 Å². The maximum absolute atomic E-state index is 13.7. The van der Waals surface area contributed by atoms with Gasteiger partial charge in [-0.3, -0.25) is 9.48 Å². The van der Waals surface area contributed by atoms with Crippen molar-refractivity contribution in [3.05, 3.63) is 53.1 Å². The second-order valence-electron chi connectivity index (χ2n) is 5.88. The van der Waals surface area contributed by atoms with Crippen LogP contribution in [0.1, 0.15) is 48.7 Å². The lowest BCUT2D eigenvalue weighted by Gasteiger charge is -2.22. The predicted molar refractivity (Wildman–Crippen MR) is 90.6 cm³/mol. The molecule has 4 nitrogen and oxygen atoms in total. The number of carbonyl (C=O) groups is 1. The molecule has 0 N–H and O–H groups in total. The Bertz CT molecular complexity index is 764. The monoisotopic (exact) mass is 328 g/mol. The molecule has 0 fully saturated rings. The van der Waals surface area contributed by atoms with Crippen LogP contribution in [-0.2, 0) is 6.54 Å². The molecule has 0 saturated heterocycles. The van der Waals surface area contributed by atoms with Gasteiger partial charge in [-0.2, -0.15) is 5.10 Å². The molecule has 0 aliphatic heterocycles. The fraction of sp³-hybridized carbons (Fsp3) is 0.368. The van der Waals surface area contributed by atoms with Crippen LogP contribution in [0.4, 0.5) is 4.39 Å². The van der Waals surface area contributed by atoms with Gasteiger partial charge in [0.2, 0.25) is 0 Å². The summed E-state index contributed by atoms with van der Waals surface area (Å²) in [4.78, 5) is 11.1. The summed E-state index contributed by atoms with van der Waals surface area (Å²) in [5, 5.41) is 4.35. The molecule has 0 amide bonds. The van der Waals surface area contributed by atoms with Crippen LogP contribution in [-0.4, -0.2) is 22.7 Å². The van der Waals surface area contributed by atoms with E-state index >= 15 is 0 Å². The third-order valence-corrected chi connectivity index (χ3v) is 4.44. The number of benzene rings is 1. The van der Waals surface area contributed by atoms with Gasteiger partial charge in [0.25, 0.3) is 0 Å². The van der Waals surface area contributed by atoms with Crippen molar-refractivity contribution in [3.63, 3.8) is 0 Å². The van der Waals surface area contributed by atoms with E-state index in [0.29, 0.717) is 18.6 Å². The van der Waals surface area contributed by atoms with Crippen molar-refractivity contribution >= 4 is 11.9 Å². The number of aromatic nitrogens is 2. The van der Waals surface area contributed by atoms with Crippen molar-refractivity contribution < 1.29 is 13.9 Å². The molecule has 3 rings (SSSR count). The van der Waals surface area contributed by atoms with Gasteiger partial charge in [-0.15, -0.1) is 0 Å². The van der Waals surface area contributed by atoms with E-state index in [2.05, 4.69) is 12.0 Å². The molecule has 2 aromatic rings. The SMILES string of the molecule is CCn1nccc1C1=C(COc2cccc(F)c2C=O)CCCC1. The number of rotatable bonds is 6. The van der Waals surface area contributed by atoms with Crippen molar-refractivity contribution in [1.82, 2.24) is 9.78 Å². The third kappa shape index (κ3) is 3.25. The summed E-state index contributed by atoms with van der Waals surface area (Å²) in [5.41, 5.74) is 3.59. The molecular weight excluding hydrogens is 307 g/mol. The van der Waals surface area contributed by atoms with E-state index in [1.54, 1.807) is 12.1 Å². The second kappa shape index (κ2) is 7.43. The van der Waals surface area contributed by atoms with E-state index in [1.165, 1.54) is 17.2 Å². The summed E-state index contributed by atoms with van der Waals surface area (Å²) in [6.07, 6.45) is 6.53. The smallest absolute Gasteiger partial charge is 0.156 e. The zero-order valence-electron chi connectivity index (χ0n) is 13.8. The largest absolute Gasteiger partial charge is 0.488 e. The van der Waals surface area contributed by atoms with E-state index < -0.39 is 5.82 Å². The number of nitrogens with zero attached hydrogens (tertiary/aromatic N) is 2. The second-order valence-corrected chi connectivity index (χ2v) is 5.88. The lowest BCUT2D eigenvalue weighted by Crippen LogP contribution is -2.12. The molecule has 0 saturated carbocycles. The molecule has 5 heteroatoms. The first-order valence-corrected chi connectivity index (χ1v) is 8.34. The summed E-state index contributed by atoms with van der Waals surface area (Å²) < 4.78 is 21.5. The zero-order valence-corrected chi connectivity index (χ0v) is 13.8. The Morgan fingerprint density at radius 2 is 2.12 bits per heavy atom. The highest BCUT2D eigenvalue weighted by molar-refractivity contribution is 5.79. The first-order valence-electron chi connectivity index (χ1n) is 8.34. The third-order valence-electron chi connectivity index (χ3n) is 4.44. The first-order chi connectivity index (χ1) is 11.7. The molecule has 1 aromatic heterocycles. The molecule has 1 heterocycles. The number of hydrogen-bond acceptors (Lipinski definition) is 3. The van der Waals surface area contributed by atoms with Gasteiger partial charge < -0.3 is 4.74 Å². The van der Waals surface area contributed by atoms with Crippen molar-refractivity contribution in [2.45, 2.75) is 39.2 Å². The number of aryl methyl sites for hydroxylation is 1. The van der Waals surface area contributed by atoms with Crippen molar-refractivity contribution in [2.24, 2.45) is 0 Å². The quantitative estimate of drug-likeness (QED) is 0.744. The van der Waals surface area contributed by atoms with E-state index in [9.17, 15) is 9.18 Å².